The Morgan fingerprint density at radius 1 is 1.05 bits per heavy atom. The van der Waals surface area contributed by atoms with E-state index >= 15 is 0 Å². The van der Waals surface area contributed by atoms with E-state index in [0.717, 1.165) is 50.8 Å². The van der Waals surface area contributed by atoms with Crippen LogP contribution >= 0.6 is 0 Å². The van der Waals surface area contributed by atoms with E-state index in [2.05, 4.69) is 30.0 Å². The molecule has 0 unspecified atom stereocenters. The van der Waals surface area contributed by atoms with Gasteiger partial charge in [0.05, 0.1) is 0 Å². The van der Waals surface area contributed by atoms with Gasteiger partial charge in [0, 0.05) is 51.0 Å². The highest BCUT2D eigenvalue weighted by Gasteiger charge is 2.18. The molecule has 8 heteroatoms. The molecule has 2 aromatic rings. The summed E-state index contributed by atoms with van der Waals surface area (Å²) in [5.41, 5.74) is 6.63. The van der Waals surface area contributed by atoms with Crippen molar-refractivity contribution in [3.8, 4) is 0 Å². The van der Waals surface area contributed by atoms with Gasteiger partial charge in [-0.25, -0.2) is 4.98 Å². The van der Waals surface area contributed by atoms with Crippen LogP contribution in [-0.2, 0) is 6.54 Å². The highest BCUT2D eigenvalue weighted by molar-refractivity contribution is 5.43. The second-order valence-electron chi connectivity index (χ2n) is 5.25. The number of aromatic nitrogens is 5. The van der Waals surface area contributed by atoms with E-state index in [1.54, 1.807) is 12.7 Å². The summed E-state index contributed by atoms with van der Waals surface area (Å²) in [6, 6.07) is 1.99. The third-order valence-electron chi connectivity index (χ3n) is 3.70. The molecule has 21 heavy (non-hydrogen) atoms. The smallest absolute Gasteiger partial charge is 0.222 e. The Morgan fingerprint density at radius 3 is 2.43 bits per heavy atom. The van der Waals surface area contributed by atoms with Gasteiger partial charge in [-0.15, -0.1) is 10.2 Å². The minimum absolute atomic E-state index is 0.347. The number of hydrogen-bond donors (Lipinski definition) is 1. The maximum Gasteiger partial charge on any atom is 0.222 e. The van der Waals surface area contributed by atoms with Gasteiger partial charge in [-0.05, 0) is 6.92 Å². The van der Waals surface area contributed by atoms with E-state index in [1.807, 2.05) is 17.6 Å². The van der Waals surface area contributed by atoms with Crippen LogP contribution in [0, 0.1) is 6.92 Å². The molecule has 0 aliphatic carbocycles. The standard InChI is InChI=1S/C13H20N8/c1-11-8-12(18-13(14)17-11)21-6-4-19(5-7-21)2-3-20-9-15-16-10-20/h8-10H,2-7H2,1H3,(H2,14,17,18). The molecule has 1 saturated heterocycles. The van der Waals surface area contributed by atoms with E-state index in [0.29, 0.717) is 5.95 Å². The van der Waals surface area contributed by atoms with Crippen molar-refractivity contribution in [2.75, 3.05) is 43.4 Å². The molecule has 1 fully saturated rings. The summed E-state index contributed by atoms with van der Waals surface area (Å²) in [4.78, 5) is 13.1. The van der Waals surface area contributed by atoms with E-state index in [1.165, 1.54) is 0 Å². The van der Waals surface area contributed by atoms with Crippen LogP contribution in [0.5, 0.6) is 0 Å². The minimum atomic E-state index is 0.347. The van der Waals surface area contributed by atoms with Gasteiger partial charge in [0.25, 0.3) is 0 Å². The van der Waals surface area contributed by atoms with Crippen LogP contribution in [0.15, 0.2) is 18.7 Å². The summed E-state index contributed by atoms with van der Waals surface area (Å²) in [6.07, 6.45) is 3.51. The van der Waals surface area contributed by atoms with Crippen molar-refractivity contribution in [2.45, 2.75) is 13.5 Å². The zero-order valence-corrected chi connectivity index (χ0v) is 12.2. The number of nitrogens with two attached hydrogens (primary N) is 1. The Labute approximate surface area is 123 Å². The lowest BCUT2D eigenvalue weighted by Crippen LogP contribution is -2.47. The predicted octanol–water partition coefficient (Wildman–Crippen LogP) is -0.219. The molecule has 0 amide bonds. The van der Waals surface area contributed by atoms with E-state index in [9.17, 15) is 0 Å². The molecule has 8 nitrogen and oxygen atoms in total. The monoisotopic (exact) mass is 288 g/mol. The highest BCUT2D eigenvalue weighted by Crippen LogP contribution is 2.15. The fraction of sp³-hybridized carbons (Fsp3) is 0.538. The molecular weight excluding hydrogens is 268 g/mol. The number of rotatable bonds is 4. The normalized spacial score (nSPS) is 16.3. The van der Waals surface area contributed by atoms with Crippen molar-refractivity contribution in [1.29, 1.82) is 0 Å². The van der Waals surface area contributed by atoms with E-state index < -0.39 is 0 Å². The maximum absolute atomic E-state index is 5.72. The van der Waals surface area contributed by atoms with Crippen LogP contribution in [0.4, 0.5) is 11.8 Å². The molecule has 112 valence electrons. The van der Waals surface area contributed by atoms with Crippen LogP contribution < -0.4 is 10.6 Å². The highest BCUT2D eigenvalue weighted by atomic mass is 15.3. The first-order valence-electron chi connectivity index (χ1n) is 7.11. The zero-order valence-electron chi connectivity index (χ0n) is 12.2. The Bertz CT molecular complexity index is 554. The number of anilines is 2. The molecular formula is C13H20N8. The summed E-state index contributed by atoms with van der Waals surface area (Å²) in [7, 11) is 0. The fourth-order valence-corrected chi connectivity index (χ4v) is 2.53. The first-order valence-corrected chi connectivity index (χ1v) is 7.11. The lowest BCUT2D eigenvalue weighted by Gasteiger charge is -2.35. The first-order chi connectivity index (χ1) is 10.2. The molecule has 0 bridgehead atoms. The zero-order chi connectivity index (χ0) is 14.7. The lowest BCUT2D eigenvalue weighted by atomic mass is 10.3. The van der Waals surface area contributed by atoms with Crippen molar-refractivity contribution >= 4 is 11.8 Å². The number of aryl methyl sites for hydroxylation is 1. The third kappa shape index (κ3) is 3.46. The summed E-state index contributed by atoms with van der Waals surface area (Å²) < 4.78 is 2.00. The van der Waals surface area contributed by atoms with Gasteiger partial charge in [-0.3, -0.25) is 4.90 Å². The molecule has 1 aliphatic heterocycles. The largest absolute Gasteiger partial charge is 0.368 e. The SMILES string of the molecule is Cc1cc(N2CCN(CCn3cnnc3)CC2)nc(N)n1. The molecule has 2 aromatic heterocycles. The number of piperazine rings is 1. The lowest BCUT2D eigenvalue weighted by molar-refractivity contribution is 0.247. The second kappa shape index (κ2) is 6.04. The molecule has 0 spiro atoms. The van der Waals surface area contributed by atoms with Gasteiger partial charge in [0.1, 0.15) is 18.5 Å². The first kappa shape index (κ1) is 13.7. The Kier molecular flexibility index (Phi) is 3.96. The molecule has 0 radical (unpaired) electrons. The van der Waals surface area contributed by atoms with Crippen LogP contribution in [-0.4, -0.2) is 62.4 Å². The average molecular weight is 288 g/mol. The van der Waals surface area contributed by atoms with E-state index in [4.69, 9.17) is 5.73 Å². The summed E-state index contributed by atoms with van der Waals surface area (Å²) in [5.74, 6) is 1.28. The van der Waals surface area contributed by atoms with Gasteiger partial charge in [0.15, 0.2) is 0 Å². The maximum atomic E-state index is 5.72. The van der Waals surface area contributed by atoms with Crippen LogP contribution in [0.3, 0.4) is 0 Å². The number of nitrogen functional groups attached to an aromatic ring is 1. The van der Waals surface area contributed by atoms with Crippen molar-refractivity contribution in [3.63, 3.8) is 0 Å². The van der Waals surface area contributed by atoms with Crippen molar-refractivity contribution in [1.82, 2.24) is 29.6 Å². The molecule has 0 aromatic carbocycles. The average Bonchev–Trinajstić information content (AvgIpc) is 2.98. The number of hydrogen-bond acceptors (Lipinski definition) is 7. The summed E-state index contributed by atoms with van der Waals surface area (Å²) in [6.45, 7) is 7.83. The van der Waals surface area contributed by atoms with E-state index in [-0.39, 0.29) is 0 Å². The molecule has 3 rings (SSSR count). The van der Waals surface area contributed by atoms with Crippen LogP contribution in [0.1, 0.15) is 5.69 Å². The minimum Gasteiger partial charge on any atom is -0.368 e. The quantitative estimate of drug-likeness (QED) is 0.832. The third-order valence-corrected chi connectivity index (χ3v) is 3.70. The predicted molar refractivity (Wildman–Crippen MR) is 79.9 cm³/mol. The summed E-state index contributed by atoms with van der Waals surface area (Å²) in [5, 5.41) is 7.63. The second-order valence-corrected chi connectivity index (χ2v) is 5.25. The topological polar surface area (TPSA) is 89.0 Å². The van der Waals surface area contributed by atoms with Gasteiger partial charge in [0.2, 0.25) is 5.95 Å². The fourth-order valence-electron chi connectivity index (χ4n) is 2.53. The molecule has 0 atom stereocenters. The Morgan fingerprint density at radius 2 is 1.76 bits per heavy atom. The van der Waals surface area contributed by atoms with Crippen LogP contribution in [0.2, 0.25) is 0 Å². The summed E-state index contributed by atoms with van der Waals surface area (Å²) >= 11 is 0. The van der Waals surface area contributed by atoms with Gasteiger partial charge < -0.3 is 15.2 Å². The number of nitrogens with zero attached hydrogens (tertiary/aromatic N) is 7. The molecule has 1 aliphatic rings. The Balaban J connectivity index is 1.52. The van der Waals surface area contributed by atoms with Crippen molar-refractivity contribution < 1.29 is 0 Å². The molecule has 0 saturated carbocycles. The molecule has 2 N–H and O–H groups in total. The van der Waals surface area contributed by atoms with Crippen molar-refractivity contribution in [3.05, 3.63) is 24.4 Å². The van der Waals surface area contributed by atoms with Gasteiger partial charge in [-0.1, -0.05) is 0 Å². The van der Waals surface area contributed by atoms with Gasteiger partial charge in [-0.2, -0.15) is 4.98 Å². The van der Waals surface area contributed by atoms with Crippen molar-refractivity contribution in [2.24, 2.45) is 0 Å². The van der Waals surface area contributed by atoms with Crippen LogP contribution in [0.25, 0.3) is 0 Å². The Hall–Kier alpha value is -2.22. The molecule has 3 heterocycles. The van der Waals surface area contributed by atoms with Gasteiger partial charge >= 0.3 is 0 Å².